The summed E-state index contributed by atoms with van der Waals surface area (Å²) in [6.45, 7) is 7.20. The Balaban J connectivity index is 1.37. The third kappa shape index (κ3) is 12.1. The second-order valence-electron chi connectivity index (χ2n) is 7.78. The molecule has 32 heavy (non-hydrogen) atoms. The summed E-state index contributed by atoms with van der Waals surface area (Å²) >= 11 is 0. The van der Waals surface area contributed by atoms with Crippen molar-refractivity contribution in [1.29, 1.82) is 0 Å². The Morgan fingerprint density at radius 2 is 1.09 bits per heavy atom. The van der Waals surface area contributed by atoms with Crippen LogP contribution in [0.5, 0.6) is 0 Å². The smallest absolute Gasteiger partial charge is 0.220 e. The first-order valence-corrected chi connectivity index (χ1v) is 13.7. The van der Waals surface area contributed by atoms with E-state index < -0.39 is 0 Å². The highest BCUT2D eigenvalue weighted by Gasteiger charge is 2.06. The fourth-order valence-electron chi connectivity index (χ4n) is 2.97. The average molecular weight is 477 g/mol. The zero-order chi connectivity index (χ0) is 23.0. The van der Waals surface area contributed by atoms with Gasteiger partial charge in [0.1, 0.15) is 13.1 Å². The van der Waals surface area contributed by atoms with E-state index in [1.165, 1.54) is 11.1 Å². The van der Waals surface area contributed by atoms with Crippen molar-refractivity contribution in [2.45, 2.75) is 52.6 Å². The average Bonchev–Trinajstić information content (AvgIpc) is 2.78. The molecule has 174 valence electrons. The van der Waals surface area contributed by atoms with Crippen molar-refractivity contribution in [2.75, 3.05) is 24.6 Å². The Morgan fingerprint density at radius 1 is 0.719 bits per heavy atom. The minimum absolute atomic E-state index is 0.111. The fourth-order valence-corrected chi connectivity index (χ4v) is 4.78. The van der Waals surface area contributed by atoms with Gasteiger partial charge in [-0.25, -0.2) is 9.13 Å². The molecule has 2 aromatic heterocycles. The highest BCUT2D eigenvalue weighted by molar-refractivity contribution is 8.76. The number of carbonyl (C=O) groups excluding carboxylic acids is 2. The zero-order valence-corrected chi connectivity index (χ0v) is 20.9. The maximum Gasteiger partial charge on any atom is 0.220 e. The molecule has 0 fully saturated rings. The van der Waals surface area contributed by atoms with Gasteiger partial charge in [-0.3, -0.25) is 9.59 Å². The number of amides is 2. The first kappa shape index (κ1) is 26.2. The molecule has 0 bridgehead atoms. The maximum absolute atomic E-state index is 11.9. The molecule has 0 saturated heterocycles. The standard InChI is InChI=1S/C24H34N4O2S2/c1-21-7-15-27(16-8-21)13-3-5-23(29)25-11-19-31-32-20-12-26-24(30)6-4-14-28-17-9-22(2)10-18-28/h7-10,15-18H,3-6,11-14,19-20H2,1-2H3/p+2. The van der Waals surface area contributed by atoms with Crippen molar-refractivity contribution in [3.63, 3.8) is 0 Å². The number of nitrogens with one attached hydrogen (secondary N) is 2. The number of rotatable bonds is 15. The summed E-state index contributed by atoms with van der Waals surface area (Å²) in [4.78, 5) is 23.8. The predicted molar refractivity (Wildman–Crippen MR) is 132 cm³/mol. The number of hydrogen-bond donors (Lipinski definition) is 2. The van der Waals surface area contributed by atoms with Gasteiger partial charge in [0, 0.05) is 74.5 Å². The van der Waals surface area contributed by atoms with Crippen LogP contribution in [0.4, 0.5) is 0 Å². The normalized spacial score (nSPS) is 10.7. The molecule has 0 saturated carbocycles. The molecule has 0 atom stereocenters. The van der Waals surface area contributed by atoms with Gasteiger partial charge in [-0.15, -0.1) is 0 Å². The number of aromatic nitrogens is 2. The van der Waals surface area contributed by atoms with Crippen LogP contribution in [0.3, 0.4) is 0 Å². The van der Waals surface area contributed by atoms with Crippen LogP contribution in [-0.2, 0) is 22.7 Å². The molecule has 8 heteroatoms. The Hall–Kier alpha value is -2.06. The maximum atomic E-state index is 11.9. The highest BCUT2D eigenvalue weighted by atomic mass is 33.1. The van der Waals surface area contributed by atoms with Crippen LogP contribution in [0.15, 0.2) is 49.1 Å². The van der Waals surface area contributed by atoms with Gasteiger partial charge in [0.05, 0.1) is 0 Å². The van der Waals surface area contributed by atoms with Crippen LogP contribution in [0.2, 0.25) is 0 Å². The Labute approximate surface area is 200 Å². The number of carbonyl (C=O) groups is 2. The van der Waals surface area contributed by atoms with Crippen LogP contribution in [0.25, 0.3) is 0 Å². The van der Waals surface area contributed by atoms with Crippen molar-refractivity contribution in [2.24, 2.45) is 0 Å². The zero-order valence-electron chi connectivity index (χ0n) is 19.2. The summed E-state index contributed by atoms with van der Waals surface area (Å²) in [5.74, 6) is 1.95. The molecule has 0 spiro atoms. The molecule has 2 rings (SSSR count). The Bertz CT molecular complexity index is 744. The van der Waals surface area contributed by atoms with Crippen molar-refractivity contribution < 1.29 is 18.7 Å². The van der Waals surface area contributed by atoms with E-state index in [1.807, 2.05) is 24.8 Å². The lowest BCUT2D eigenvalue weighted by molar-refractivity contribution is -0.697. The largest absolute Gasteiger partial charge is 0.355 e. The van der Waals surface area contributed by atoms with Crippen LogP contribution in [-0.4, -0.2) is 36.4 Å². The van der Waals surface area contributed by atoms with Gasteiger partial charge >= 0.3 is 0 Å². The minimum Gasteiger partial charge on any atom is -0.355 e. The summed E-state index contributed by atoms with van der Waals surface area (Å²) in [7, 11) is 3.46. The molecule has 0 aromatic carbocycles. The summed E-state index contributed by atoms with van der Waals surface area (Å²) in [6.07, 6.45) is 11.0. The quantitative estimate of drug-likeness (QED) is 0.236. The monoisotopic (exact) mass is 476 g/mol. The second kappa shape index (κ2) is 15.7. The number of aryl methyl sites for hydroxylation is 4. The van der Waals surface area contributed by atoms with Crippen molar-refractivity contribution in [1.82, 2.24) is 10.6 Å². The van der Waals surface area contributed by atoms with Crippen LogP contribution < -0.4 is 19.8 Å². The van der Waals surface area contributed by atoms with Crippen LogP contribution in [0.1, 0.15) is 36.8 Å². The van der Waals surface area contributed by atoms with E-state index in [9.17, 15) is 9.59 Å². The van der Waals surface area contributed by atoms with E-state index in [0.29, 0.717) is 25.9 Å². The van der Waals surface area contributed by atoms with E-state index in [0.717, 1.165) is 37.4 Å². The van der Waals surface area contributed by atoms with Crippen LogP contribution >= 0.6 is 21.6 Å². The summed E-state index contributed by atoms with van der Waals surface area (Å²) in [5, 5.41) is 5.95. The SMILES string of the molecule is Cc1cc[n+](CCCC(=O)NCCSSCCNC(=O)CCC[n+]2ccc(C)cc2)cc1. The Kier molecular flexibility index (Phi) is 12.8. The van der Waals surface area contributed by atoms with Crippen molar-refractivity contribution in [3.8, 4) is 0 Å². The first-order chi connectivity index (χ1) is 15.5. The molecule has 6 nitrogen and oxygen atoms in total. The molecular formula is C24H36N4O2S2+2. The summed E-state index contributed by atoms with van der Waals surface area (Å²) < 4.78 is 4.21. The molecule has 0 aliphatic heterocycles. The predicted octanol–water partition coefficient (Wildman–Crippen LogP) is 2.75. The molecule has 0 aliphatic rings. The lowest BCUT2D eigenvalue weighted by Gasteiger charge is -2.06. The number of hydrogen-bond acceptors (Lipinski definition) is 4. The third-order valence-electron chi connectivity index (χ3n) is 4.85. The molecule has 2 N–H and O–H groups in total. The van der Waals surface area contributed by atoms with E-state index >= 15 is 0 Å². The van der Waals surface area contributed by atoms with Crippen LogP contribution in [0, 0.1) is 13.8 Å². The first-order valence-electron chi connectivity index (χ1n) is 11.2. The Morgan fingerprint density at radius 3 is 1.47 bits per heavy atom. The highest BCUT2D eigenvalue weighted by Crippen LogP contribution is 2.19. The van der Waals surface area contributed by atoms with Gasteiger partial charge in [-0.1, -0.05) is 21.6 Å². The lowest BCUT2D eigenvalue weighted by Crippen LogP contribution is -2.34. The molecule has 2 aromatic rings. The molecular weight excluding hydrogens is 440 g/mol. The lowest BCUT2D eigenvalue weighted by atomic mass is 10.2. The topological polar surface area (TPSA) is 66.0 Å². The second-order valence-corrected chi connectivity index (χ2v) is 10.5. The third-order valence-corrected chi connectivity index (χ3v) is 7.26. The molecule has 0 radical (unpaired) electrons. The van der Waals surface area contributed by atoms with Gasteiger partial charge in [0.25, 0.3) is 0 Å². The van der Waals surface area contributed by atoms with Gasteiger partial charge in [-0.2, -0.15) is 0 Å². The van der Waals surface area contributed by atoms with Crippen molar-refractivity contribution in [3.05, 3.63) is 60.2 Å². The van der Waals surface area contributed by atoms with E-state index in [4.69, 9.17) is 0 Å². The van der Waals surface area contributed by atoms with Gasteiger partial charge in [0.15, 0.2) is 24.8 Å². The summed E-state index contributed by atoms with van der Waals surface area (Å²) in [5.41, 5.74) is 2.48. The fraction of sp³-hybridized carbons (Fsp3) is 0.500. The molecule has 0 aliphatic carbocycles. The molecule has 0 unspecified atom stereocenters. The van der Waals surface area contributed by atoms with Crippen molar-refractivity contribution >= 4 is 33.4 Å². The van der Waals surface area contributed by atoms with E-state index in [-0.39, 0.29) is 11.8 Å². The van der Waals surface area contributed by atoms with E-state index in [1.54, 1.807) is 21.6 Å². The number of nitrogens with zero attached hydrogens (tertiary/aromatic N) is 2. The summed E-state index contributed by atoms with van der Waals surface area (Å²) in [6, 6.07) is 8.30. The van der Waals surface area contributed by atoms with Gasteiger partial charge in [0.2, 0.25) is 11.8 Å². The van der Waals surface area contributed by atoms with E-state index in [2.05, 4.69) is 57.9 Å². The molecule has 2 heterocycles. The van der Waals surface area contributed by atoms with Gasteiger partial charge in [-0.05, 0) is 25.0 Å². The molecule has 2 amide bonds. The van der Waals surface area contributed by atoms with Gasteiger partial charge < -0.3 is 10.6 Å². The number of pyridine rings is 2. The minimum atomic E-state index is 0.111.